The number of aromatic nitrogens is 1. The molecular formula is C9H6INO. The predicted octanol–water partition coefficient (Wildman–Crippen LogP) is 2.55. The average molecular weight is 271 g/mol. The van der Waals surface area contributed by atoms with Crippen molar-refractivity contribution in [1.29, 1.82) is 0 Å². The Kier molecular flexibility index (Phi) is 1.88. The molecule has 0 unspecified atom stereocenters. The lowest BCUT2D eigenvalue weighted by molar-refractivity contribution is 0.481. The molecule has 1 aromatic carbocycles. The molecule has 0 saturated heterocycles. The van der Waals surface area contributed by atoms with Gasteiger partial charge in [0, 0.05) is 5.39 Å². The van der Waals surface area contributed by atoms with E-state index in [1.165, 1.54) is 0 Å². The van der Waals surface area contributed by atoms with Crippen LogP contribution in [0.2, 0.25) is 0 Å². The van der Waals surface area contributed by atoms with Crippen LogP contribution in [0.25, 0.3) is 10.9 Å². The maximum Gasteiger partial charge on any atom is 0.124 e. The van der Waals surface area contributed by atoms with Crippen LogP contribution in [0.1, 0.15) is 0 Å². The molecule has 3 heteroatoms. The molecule has 0 aliphatic rings. The highest BCUT2D eigenvalue weighted by molar-refractivity contribution is 14.1. The van der Waals surface area contributed by atoms with E-state index in [1.54, 1.807) is 12.1 Å². The number of rotatable bonds is 0. The summed E-state index contributed by atoms with van der Waals surface area (Å²) in [6.45, 7) is 0. The lowest BCUT2D eigenvalue weighted by atomic mass is 10.2. The van der Waals surface area contributed by atoms with E-state index in [-0.39, 0.29) is 5.75 Å². The van der Waals surface area contributed by atoms with Gasteiger partial charge in [-0.2, -0.15) is 0 Å². The monoisotopic (exact) mass is 271 g/mol. The van der Waals surface area contributed by atoms with Crippen molar-refractivity contribution in [3.8, 4) is 5.75 Å². The number of halogens is 1. The molecule has 1 aromatic heterocycles. The second-order valence-corrected chi connectivity index (χ2v) is 3.58. The van der Waals surface area contributed by atoms with Gasteiger partial charge in [-0.1, -0.05) is 6.07 Å². The fourth-order valence-corrected chi connectivity index (χ4v) is 1.55. The SMILES string of the molecule is Oc1cccc2nc(I)ccc12. The summed E-state index contributed by atoms with van der Waals surface area (Å²) >= 11 is 2.15. The summed E-state index contributed by atoms with van der Waals surface area (Å²) in [5.74, 6) is 0.288. The largest absolute Gasteiger partial charge is 0.507 e. The summed E-state index contributed by atoms with van der Waals surface area (Å²) in [5.41, 5.74) is 0.835. The van der Waals surface area contributed by atoms with Gasteiger partial charge < -0.3 is 5.11 Å². The molecular weight excluding hydrogens is 265 g/mol. The second kappa shape index (κ2) is 2.90. The highest BCUT2D eigenvalue weighted by Gasteiger charge is 1.99. The molecule has 0 radical (unpaired) electrons. The van der Waals surface area contributed by atoms with Crippen LogP contribution in [0.3, 0.4) is 0 Å². The topological polar surface area (TPSA) is 33.1 Å². The number of pyridine rings is 1. The van der Waals surface area contributed by atoms with E-state index in [4.69, 9.17) is 0 Å². The summed E-state index contributed by atoms with van der Waals surface area (Å²) < 4.78 is 0.936. The molecule has 2 rings (SSSR count). The number of benzene rings is 1. The molecule has 0 bridgehead atoms. The molecule has 2 nitrogen and oxygen atoms in total. The van der Waals surface area contributed by atoms with Crippen molar-refractivity contribution in [2.45, 2.75) is 0 Å². The number of phenols is 1. The van der Waals surface area contributed by atoms with E-state index < -0.39 is 0 Å². The zero-order valence-electron chi connectivity index (χ0n) is 6.16. The third-order valence-electron chi connectivity index (χ3n) is 1.67. The third-order valence-corrected chi connectivity index (χ3v) is 2.28. The van der Waals surface area contributed by atoms with Crippen molar-refractivity contribution in [3.63, 3.8) is 0 Å². The van der Waals surface area contributed by atoms with Crippen LogP contribution in [0.15, 0.2) is 30.3 Å². The molecule has 1 N–H and O–H groups in total. The van der Waals surface area contributed by atoms with E-state index in [1.807, 2.05) is 18.2 Å². The summed E-state index contributed by atoms with van der Waals surface area (Å²) in [6.07, 6.45) is 0. The predicted molar refractivity (Wildman–Crippen MR) is 56.1 cm³/mol. The van der Waals surface area contributed by atoms with Crippen LogP contribution in [-0.4, -0.2) is 10.1 Å². The zero-order chi connectivity index (χ0) is 8.55. The van der Waals surface area contributed by atoms with Gasteiger partial charge in [-0.3, -0.25) is 0 Å². The van der Waals surface area contributed by atoms with Crippen LogP contribution in [0.5, 0.6) is 5.75 Å². The standard InChI is InChI=1S/C9H6INO/c10-9-5-4-6-7(11-9)2-1-3-8(6)12/h1-5,12H. The quantitative estimate of drug-likeness (QED) is 0.590. The molecule has 0 saturated carbocycles. The molecule has 60 valence electrons. The molecule has 0 amide bonds. The third kappa shape index (κ3) is 1.24. The van der Waals surface area contributed by atoms with Crippen LogP contribution in [-0.2, 0) is 0 Å². The highest BCUT2D eigenvalue weighted by Crippen LogP contribution is 2.22. The Morgan fingerprint density at radius 1 is 1.17 bits per heavy atom. The Morgan fingerprint density at radius 3 is 2.83 bits per heavy atom. The van der Waals surface area contributed by atoms with Crippen LogP contribution >= 0.6 is 22.6 Å². The van der Waals surface area contributed by atoms with E-state index in [0.29, 0.717) is 0 Å². The second-order valence-electron chi connectivity index (χ2n) is 2.48. The first-order chi connectivity index (χ1) is 5.77. The van der Waals surface area contributed by atoms with E-state index in [9.17, 15) is 5.11 Å². The zero-order valence-corrected chi connectivity index (χ0v) is 8.32. The number of fused-ring (bicyclic) bond motifs is 1. The summed E-state index contributed by atoms with van der Waals surface area (Å²) in [5, 5.41) is 10.2. The van der Waals surface area contributed by atoms with Gasteiger partial charge in [-0.15, -0.1) is 0 Å². The number of hydrogen-bond acceptors (Lipinski definition) is 2. The Hall–Kier alpha value is -0.840. The van der Waals surface area contributed by atoms with Crippen molar-refractivity contribution in [2.75, 3.05) is 0 Å². The summed E-state index contributed by atoms with van der Waals surface area (Å²) in [7, 11) is 0. The van der Waals surface area contributed by atoms with E-state index in [2.05, 4.69) is 27.6 Å². The number of nitrogens with zero attached hydrogens (tertiary/aromatic N) is 1. The number of hydrogen-bond donors (Lipinski definition) is 1. The van der Waals surface area contributed by atoms with Gasteiger partial charge in [0.05, 0.1) is 5.52 Å². The lowest BCUT2D eigenvalue weighted by Crippen LogP contribution is -1.81. The van der Waals surface area contributed by atoms with Crippen molar-refractivity contribution >= 4 is 33.5 Å². The Morgan fingerprint density at radius 2 is 2.00 bits per heavy atom. The summed E-state index contributed by atoms with van der Waals surface area (Å²) in [4.78, 5) is 4.26. The Balaban J connectivity index is 2.86. The molecule has 0 fully saturated rings. The van der Waals surface area contributed by atoms with Gasteiger partial charge in [-0.05, 0) is 46.9 Å². The van der Waals surface area contributed by atoms with Gasteiger partial charge in [0.15, 0.2) is 0 Å². The number of phenolic OH excluding ortho intramolecular Hbond substituents is 1. The fourth-order valence-electron chi connectivity index (χ4n) is 1.11. The Labute approximate surface area is 83.4 Å². The van der Waals surface area contributed by atoms with E-state index >= 15 is 0 Å². The highest BCUT2D eigenvalue weighted by atomic mass is 127. The first kappa shape index (κ1) is 7.79. The maximum atomic E-state index is 9.42. The molecule has 0 aliphatic carbocycles. The number of aromatic hydroxyl groups is 1. The van der Waals surface area contributed by atoms with Gasteiger partial charge in [0.1, 0.15) is 9.45 Å². The minimum Gasteiger partial charge on any atom is -0.507 e. The van der Waals surface area contributed by atoms with Crippen LogP contribution in [0, 0.1) is 3.70 Å². The molecule has 2 aromatic rings. The molecule has 0 aliphatic heterocycles. The first-order valence-electron chi connectivity index (χ1n) is 3.51. The first-order valence-corrected chi connectivity index (χ1v) is 4.59. The minimum atomic E-state index is 0.288. The maximum absolute atomic E-state index is 9.42. The lowest BCUT2D eigenvalue weighted by Gasteiger charge is -1.98. The van der Waals surface area contributed by atoms with Crippen molar-refractivity contribution < 1.29 is 5.11 Å². The molecule has 0 atom stereocenters. The summed E-state index contributed by atoms with van der Waals surface area (Å²) in [6, 6.07) is 9.09. The normalized spacial score (nSPS) is 10.4. The molecule has 1 heterocycles. The van der Waals surface area contributed by atoms with Gasteiger partial charge in [0.2, 0.25) is 0 Å². The van der Waals surface area contributed by atoms with Gasteiger partial charge in [0.25, 0.3) is 0 Å². The van der Waals surface area contributed by atoms with Gasteiger partial charge >= 0.3 is 0 Å². The van der Waals surface area contributed by atoms with E-state index in [0.717, 1.165) is 14.6 Å². The van der Waals surface area contributed by atoms with Crippen molar-refractivity contribution in [1.82, 2.24) is 4.98 Å². The van der Waals surface area contributed by atoms with Crippen molar-refractivity contribution in [3.05, 3.63) is 34.0 Å². The average Bonchev–Trinajstić information content (AvgIpc) is 2.04. The smallest absolute Gasteiger partial charge is 0.124 e. The Bertz CT molecular complexity index is 428. The molecule has 12 heavy (non-hydrogen) atoms. The molecule has 0 spiro atoms. The minimum absolute atomic E-state index is 0.288. The van der Waals surface area contributed by atoms with Crippen molar-refractivity contribution in [2.24, 2.45) is 0 Å². The van der Waals surface area contributed by atoms with Crippen LogP contribution in [0.4, 0.5) is 0 Å². The van der Waals surface area contributed by atoms with Crippen LogP contribution < -0.4 is 0 Å². The van der Waals surface area contributed by atoms with Gasteiger partial charge in [-0.25, -0.2) is 4.98 Å². The fraction of sp³-hybridized carbons (Fsp3) is 0.